The Bertz CT molecular complexity index is 1090. The monoisotopic (exact) mass is 407 g/mol. The van der Waals surface area contributed by atoms with Gasteiger partial charge in [0.05, 0.1) is 16.3 Å². The van der Waals surface area contributed by atoms with Crippen LogP contribution in [0.4, 0.5) is 18.9 Å². The fourth-order valence-electron chi connectivity index (χ4n) is 3.77. The van der Waals surface area contributed by atoms with Gasteiger partial charge in [-0.05, 0) is 37.5 Å². The molecular weight excluding hydrogens is 391 g/mol. The van der Waals surface area contributed by atoms with Crippen LogP contribution in [0.3, 0.4) is 0 Å². The first-order chi connectivity index (χ1) is 13.2. The summed E-state index contributed by atoms with van der Waals surface area (Å²) in [6.07, 6.45) is -2.60. The predicted octanol–water partition coefficient (Wildman–Crippen LogP) is 5.16. The number of carbonyl (C=O) groups excluding carboxylic acids is 1. The van der Waals surface area contributed by atoms with E-state index in [9.17, 15) is 18.0 Å². The van der Waals surface area contributed by atoms with Gasteiger partial charge in [0.15, 0.2) is 5.65 Å². The van der Waals surface area contributed by atoms with Crippen LogP contribution in [0, 0.1) is 0 Å². The van der Waals surface area contributed by atoms with E-state index >= 15 is 0 Å². The van der Waals surface area contributed by atoms with Crippen molar-refractivity contribution in [3.05, 3.63) is 64.1 Å². The fourth-order valence-corrected chi connectivity index (χ4v) is 4.02. The average molecular weight is 408 g/mol. The molecule has 3 aromatic rings. The zero-order chi connectivity index (χ0) is 20.2. The van der Waals surface area contributed by atoms with Crippen LogP contribution < -0.4 is 4.90 Å². The number of hydrogen-bond acceptors (Lipinski definition) is 2. The van der Waals surface area contributed by atoms with Gasteiger partial charge in [-0.1, -0.05) is 36.7 Å². The zero-order valence-corrected chi connectivity index (χ0v) is 16.0. The number of benzene rings is 1. The predicted molar refractivity (Wildman–Crippen MR) is 101 cm³/mol. The van der Waals surface area contributed by atoms with Crippen molar-refractivity contribution in [1.82, 2.24) is 9.38 Å². The molecule has 0 aliphatic carbocycles. The topological polar surface area (TPSA) is 37.6 Å². The van der Waals surface area contributed by atoms with Crippen molar-refractivity contribution >= 4 is 28.8 Å². The molecule has 8 heteroatoms. The van der Waals surface area contributed by atoms with Gasteiger partial charge in [0.1, 0.15) is 5.69 Å². The summed E-state index contributed by atoms with van der Waals surface area (Å²) >= 11 is 6.08. The van der Waals surface area contributed by atoms with E-state index in [1.54, 1.807) is 11.8 Å². The lowest BCUT2D eigenvalue weighted by molar-refractivity contribution is -0.137. The Morgan fingerprint density at radius 1 is 1.32 bits per heavy atom. The van der Waals surface area contributed by atoms with E-state index in [0.717, 1.165) is 23.5 Å². The second kappa shape index (κ2) is 6.51. The first kappa shape index (κ1) is 18.8. The number of amides is 1. The summed E-state index contributed by atoms with van der Waals surface area (Å²) in [6.45, 7) is 3.72. The summed E-state index contributed by atoms with van der Waals surface area (Å²) in [7, 11) is 0. The maximum absolute atomic E-state index is 13.5. The normalized spacial score (nSPS) is 16.6. The quantitative estimate of drug-likeness (QED) is 0.588. The lowest BCUT2D eigenvalue weighted by Crippen LogP contribution is -2.37. The Balaban J connectivity index is 1.93. The number of pyridine rings is 1. The lowest BCUT2D eigenvalue weighted by Gasteiger charge is -2.23. The molecule has 1 aliphatic heterocycles. The summed E-state index contributed by atoms with van der Waals surface area (Å²) in [6, 6.07) is 8.27. The van der Waals surface area contributed by atoms with Crippen LogP contribution in [0.25, 0.3) is 5.65 Å². The summed E-state index contributed by atoms with van der Waals surface area (Å²) in [5.74, 6) is -0.378. The number of aryl methyl sites for hydroxylation is 1. The molecule has 0 bridgehead atoms. The maximum atomic E-state index is 13.5. The minimum atomic E-state index is -4.58. The van der Waals surface area contributed by atoms with Gasteiger partial charge in [-0.3, -0.25) is 9.20 Å². The number of para-hydroxylation sites is 1. The fraction of sp³-hybridized carbons (Fsp3) is 0.300. The van der Waals surface area contributed by atoms with Crippen molar-refractivity contribution in [1.29, 1.82) is 0 Å². The molecule has 2 aromatic heterocycles. The van der Waals surface area contributed by atoms with Crippen LogP contribution >= 0.6 is 11.6 Å². The Kier molecular flexibility index (Phi) is 4.38. The largest absolute Gasteiger partial charge is 0.417 e. The molecule has 4 nitrogen and oxygen atoms in total. The number of halogens is 4. The number of aromatic nitrogens is 2. The third kappa shape index (κ3) is 2.85. The summed E-state index contributed by atoms with van der Waals surface area (Å²) in [5.41, 5.74) is 1.57. The van der Waals surface area contributed by atoms with Gasteiger partial charge >= 0.3 is 6.18 Å². The van der Waals surface area contributed by atoms with E-state index in [1.165, 1.54) is 4.40 Å². The molecule has 1 aliphatic rings. The standard InChI is InChI=1S/C20H17ClF3N3O/c1-3-15-17(19(28)27-11(2)8-12-6-4-5-7-16(12)27)26-10-13(20(22,23)24)9-14(21)18(26)25-15/h4-7,9-11H,3,8H2,1-2H3. The van der Waals surface area contributed by atoms with Crippen LogP contribution in [0.5, 0.6) is 0 Å². The molecule has 1 amide bonds. The van der Waals surface area contributed by atoms with Crippen LogP contribution in [0.2, 0.25) is 5.02 Å². The van der Waals surface area contributed by atoms with Crippen molar-refractivity contribution in [3.63, 3.8) is 0 Å². The number of hydrogen-bond donors (Lipinski definition) is 0. The molecule has 0 N–H and O–H groups in total. The van der Waals surface area contributed by atoms with Crippen molar-refractivity contribution in [3.8, 4) is 0 Å². The van der Waals surface area contributed by atoms with Crippen molar-refractivity contribution < 1.29 is 18.0 Å². The number of anilines is 1. The van der Waals surface area contributed by atoms with E-state index in [1.807, 2.05) is 31.2 Å². The molecule has 1 atom stereocenters. The first-order valence-corrected chi connectivity index (χ1v) is 9.29. The Hall–Kier alpha value is -2.54. The van der Waals surface area contributed by atoms with E-state index in [4.69, 9.17) is 11.6 Å². The number of imidazole rings is 1. The van der Waals surface area contributed by atoms with E-state index < -0.39 is 11.7 Å². The minimum absolute atomic E-state index is 0.110. The van der Waals surface area contributed by atoms with Gasteiger partial charge < -0.3 is 4.90 Å². The van der Waals surface area contributed by atoms with Crippen LogP contribution in [-0.2, 0) is 19.0 Å². The van der Waals surface area contributed by atoms with Crippen molar-refractivity contribution in [2.75, 3.05) is 4.90 Å². The zero-order valence-electron chi connectivity index (χ0n) is 15.2. The van der Waals surface area contributed by atoms with Gasteiger partial charge in [0.2, 0.25) is 0 Å². The number of rotatable bonds is 2. The van der Waals surface area contributed by atoms with Crippen LogP contribution in [-0.4, -0.2) is 21.3 Å². The molecular formula is C20H17ClF3N3O. The van der Waals surface area contributed by atoms with Crippen molar-refractivity contribution in [2.24, 2.45) is 0 Å². The Labute approximate surface area is 164 Å². The van der Waals surface area contributed by atoms with E-state index in [2.05, 4.69) is 4.98 Å². The molecule has 28 heavy (non-hydrogen) atoms. The Morgan fingerprint density at radius 2 is 2.04 bits per heavy atom. The van der Waals surface area contributed by atoms with Gasteiger partial charge in [0.25, 0.3) is 5.91 Å². The molecule has 4 rings (SSSR count). The minimum Gasteiger partial charge on any atom is -0.304 e. The highest BCUT2D eigenvalue weighted by Gasteiger charge is 2.36. The molecule has 0 saturated heterocycles. The SMILES string of the molecule is CCc1nc2c(Cl)cc(C(F)(F)F)cn2c1C(=O)N1c2ccccc2CC1C. The molecule has 3 heterocycles. The molecule has 0 saturated carbocycles. The van der Waals surface area contributed by atoms with Gasteiger partial charge in [-0.15, -0.1) is 0 Å². The smallest absolute Gasteiger partial charge is 0.304 e. The maximum Gasteiger partial charge on any atom is 0.417 e. The van der Waals surface area contributed by atoms with E-state index in [0.29, 0.717) is 18.5 Å². The van der Waals surface area contributed by atoms with Gasteiger partial charge in [-0.2, -0.15) is 13.2 Å². The molecule has 0 radical (unpaired) electrons. The van der Waals surface area contributed by atoms with Crippen LogP contribution in [0.15, 0.2) is 36.5 Å². The van der Waals surface area contributed by atoms with Crippen LogP contribution in [0.1, 0.15) is 41.2 Å². The van der Waals surface area contributed by atoms with E-state index in [-0.39, 0.29) is 28.3 Å². The molecule has 1 unspecified atom stereocenters. The third-order valence-corrected chi connectivity index (χ3v) is 5.32. The highest BCUT2D eigenvalue weighted by atomic mass is 35.5. The second-order valence-corrected chi connectivity index (χ2v) is 7.29. The molecule has 146 valence electrons. The molecule has 0 fully saturated rings. The number of alkyl halides is 3. The third-order valence-electron chi connectivity index (χ3n) is 5.04. The Morgan fingerprint density at radius 3 is 2.71 bits per heavy atom. The summed E-state index contributed by atoms with van der Waals surface area (Å²) < 4.78 is 41.0. The highest BCUT2D eigenvalue weighted by Crippen LogP contribution is 2.36. The lowest BCUT2D eigenvalue weighted by atomic mass is 10.1. The number of fused-ring (bicyclic) bond motifs is 2. The van der Waals surface area contributed by atoms with Gasteiger partial charge in [-0.25, -0.2) is 4.98 Å². The van der Waals surface area contributed by atoms with Gasteiger partial charge in [0, 0.05) is 17.9 Å². The number of nitrogens with zero attached hydrogens (tertiary/aromatic N) is 3. The summed E-state index contributed by atoms with van der Waals surface area (Å²) in [5, 5.41) is -0.140. The molecule has 0 spiro atoms. The number of carbonyl (C=O) groups is 1. The highest BCUT2D eigenvalue weighted by molar-refractivity contribution is 6.33. The van der Waals surface area contributed by atoms with Crippen molar-refractivity contribution in [2.45, 2.75) is 38.9 Å². The second-order valence-electron chi connectivity index (χ2n) is 6.89. The average Bonchev–Trinajstić information content (AvgIpc) is 3.17. The first-order valence-electron chi connectivity index (χ1n) is 8.91. The summed E-state index contributed by atoms with van der Waals surface area (Å²) in [4.78, 5) is 19.5. The molecule has 1 aromatic carbocycles.